The molecule has 0 amide bonds. The summed E-state index contributed by atoms with van der Waals surface area (Å²) in [5, 5.41) is 12.0. The third kappa shape index (κ3) is 3.89. The molecule has 0 atom stereocenters. The highest BCUT2D eigenvalue weighted by Crippen LogP contribution is 2.39. The van der Waals surface area contributed by atoms with E-state index in [9.17, 15) is 18.0 Å². The second kappa shape index (κ2) is 5.95. The van der Waals surface area contributed by atoms with Crippen LogP contribution >= 0.6 is 0 Å². The van der Waals surface area contributed by atoms with E-state index in [-0.39, 0.29) is 12.1 Å². The van der Waals surface area contributed by atoms with Crippen molar-refractivity contribution in [2.24, 2.45) is 0 Å². The van der Waals surface area contributed by atoms with Gasteiger partial charge < -0.3 is 10.4 Å². The van der Waals surface area contributed by atoms with Gasteiger partial charge >= 0.3 is 12.1 Å². The van der Waals surface area contributed by atoms with Crippen LogP contribution in [0.3, 0.4) is 0 Å². The summed E-state index contributed by atoms with van der Waals surface area (Å²) in [4.78, 5) is 11.1. The van der Waals surface area contributed by atoms with Gasteiger partial charge in [-0.3, -0.25) is 4.79 Å². The first-order valence-corrected chi connectivity index (χ1v) is 6.99. The highest BCUT2D eigenvalue weighted by molar-refractivity contribution is 5.70. The van der Waals surface area contributed by atoms with Crippen LogP contribution in [0.2, 0.25) is 0 Å². The molecule has 1 aromatic rings. The smallest absolute Gasteiger partial charge is 0.418 e. The first kappa shape index (κ1) is 15.7. The number of aliphatic carboxylic acids is 1. The second-order valence-electron chi connectivity index (χ2n) is 5.58. The van der Waals surface area contributed by atoms with Gasteiger partial charge in [0.05, 0.1) is 12.0 Å². The lowest BCUT2D eigenvalue weighted by Crippen LogP contribution is -2.42. The molecule has 0 heterocycles. The number of rotatable bonds is 4. The molecule has 1 aliphatic carbocycles. The molecule has 0 unspecified atom stereocenters. The fourth-order valence-corrected chi connectivity index (χ4v) is 2.99. The van der Waals surface area contributed by atoms with Crippen molar-refractivity contribution in [3.8, 4) is 0 Å². The van der Waals surface area contributed by atoms with E-state index < -0.39 is 23.2 Å². The van der Waals surface area contributed by atoms with Gasteiger partial charge in [0.15, 0.2) is 0 Å². The molecule has 3 nitrogen and oxygen atoms in total. The van der Waals surface area contributed by atoms with Crippen molar-refractivity contribution in [2.75, 3.05) is 5.32 Å². The number of anilines is 1. The summed E-state index contributed by atoms with van der Waals surface area (Å²) >= 11 is 0. The van der Waals surface area contributed by atoms with Crippen LogP contribution in [0, 0.1) is 0 Å². The summed E-state index contributed by atoms with van der Waals surface area (Å²) in [6.45, 7) is 0. The predicted molar refractivity (Wildman–Crippen MR) is 73.1 cm³/mol. The Kier molecular flexibility index (Phi) is 4.44. The Morgan fingerprint density at radius 3 is 2.38 bits per heavy atom. The molecule has 1 aliphatic rings. The van der Waals surface area contributed by atoms with E-state index in [1.807, 2.05) is 0 Å². The van der Waals surface area contributed by atoms with Crippen LogP contribution in [0.1, 0.15) is 44.1 Å². The van der Waals surface area contributed by atoms with Gasteiger partial charge in [-0.2, -0.15) is 13.2 Å². The Morgan fingerprint density at radius 1 is 1.19 bits per heavy atom. The first-order valence-electron chi connectivity index (χ1n) is 6.99. The van der Waals surface area contributed by atoms with Crippen molar-refractivity contribution in [2.45, 2.75) is 50.2 Å². The molecule has 0 aromatic heterocycles. The maximum absolute atomic E-state index is 13.0. The minimum atomic E-state index is -4.46. The van der Waals surface area contributed by atoms with E-state index in [1.54, 1.807) is 0 Å². The molecule has 2 N–H and O–H groups in total. The van der Waals surface area contributed by atoms with Crippen LogP contribution < -0.4 is 5.32 Å². The Hall–Kier alpha value is -1.72. The van der Waals surface area contributed by atoms with Crippen LogP contribution in [-0.2, 0) is 11.0 Å². The standard InChI is InChI=1S/C15H18F3NO2/c16-15(17,18)11-6-2-3-7-12(11)19-14(10-13(20)21)8-4-1-5-9-14/h2-3,6-7,19H,1,4-5,8-10H2,(H,20,21). The van der Waals surface area contributed by atoms with E-state index in [0.29, 0.717) is 12.8 Å². The predicted octanol–water partition coefficient (Wildman–Crippen LogP) is 4.29. The third-order valence-electron chi connectivity index (χ3n) is 3.93. The lowest BCUT2D eigenvalue weighted by atomic mass is 9.79. The summed E-state index contributed by atoms with van der Waals surface area (Å²) in [7, 11) is 0. The molecule has 0 saturated heterocycles. The average molecular weight is 301 g/mol. The zero-order valence-corrected chi connectivity index (χ0v) is 11.5. The number of carbonyl (C=O) groups is 1. The van der Waals surface area contributed by atoms with Gasteiger partial charge in [0.2, 0.25) is 0 Å². The molecule has 0 aliphatic heterocycles. The Balaban J connectivity index is 2.31. The normalized spacial score (nSPS) is 18.2. The fourth-order valence-electron chi connectivity index (χ4n) is 2.99. The molecule has 1 fully saturated rings. The summed E-state index contributed by atoms with van der Waals surface area (Å²) < 4.78 is 39.1. The van der Waals surface area contributed by atoms with Gasteiger partial charge in [0, 0.05) is 11.2 Å². The average Bonchev–Trinajstić information content (AvgIpc) is 2.38. The second-order valence-corrected chi connectivity index (χ2v) is 5.58. The quantitative estimate of drug-likeness (QED) is 0.872. The van der Waals surface area contributed by atoms with E-state index in [4.69, 9.17) is 5.11 Å². The van der Waals surface area contributed by atoms with E-state index in [1.165, 1.54) is 18.2 Å². The lowest BCUT2D eigenvalue weighted by Gasteiger charge is -2.38. The van der Waals surface area contributed by atoms with E-state index in [2.05, 4.69) is 5.32 Å². The lowest BCUT2D eigenvalue weighted by molar-refractivity contribution is -0.138. The number of carboxylic acid groups (broad SMARTS) is 1. The molecule has 2 rings (SSSR count). The molecule has 21 heavy (non-hydrogen) atoms. The van der Waals surface area contributed by atoms with Gasteiger partial charge in [-0.15, -0.1) is 0 Å². The minimum Gasteiger partial charge on any atom is -0.481 e. The minimum absolute atomic E-state index is 0.0341. The van der Waals surface area contributed by atoms with Crippen LogP contribution in [-0.4, -0.2) is 16.6 Å². The molecular weight excluding hydrogens is 283 g/mol. The Labute approximate surface area is 121 Å². The zero-order valence-electron chi connectivity index (χ0n) is 11.5. The first-order chi connectivity index (χ1) is 9.82. The Morgan fingerprint density at radius 2 is 1.81 bits per heavy atom. The topological polar surface area (TPSA) is 49.3 Å². The monoisotopic (exact) mass is 301 g/mol. The number of para-hydroxylation sites is 1. The third-order valence-corrected chi connectivity index (χ3v) is 3.93. The molecule has 0 bridgehead atoms. The Bertz CT molecular complexity index is 508. The molecule has 1 saturated carbocycles. The van der Waals surface area contributed by atoms with Crippen molar-refractivity contribution in [1.29, 1.82) is 0 Å². The molecule has 116 valence electrons. The largest absolute Gasteiger partial charge is 0.481 e. The summed E-state index contributed by atoms with van der Waals surface area (Å²) in [5.41, 5.74) is -1.57. The molecular formula is C15H18F3NO2. The van der Waals surface area contributed by atoms with Gasteiger partial charge in [-0.1, -0.05) is 31.4 Å². The van der Waals surface area contributed by atoms with Crippen molar-refractivity contribution < 1.29 is 23.1 Å². The van der Waals surface area contributed by atoms with Crippen molar-refractivity contribution in [1.82, 2.24) is 0 Å². The van der Waals surface area contributed by atoms with Crippen LogP contribution in [0.4, 0.5) is 18.9 Å². The number of hydrogen-bond acceptors (Lipinski definition) is 2. The number of hydrogen-bond donors (Lipinski definition) is 2. The van der Waals surface area contributed by atoms with Gasteiger partial charge in [-0.25, -0.2) is 0 Å². The number of halogens is 3. The highest BCUT2D eigenvalue weighted by Gasteiger charge is 2.38. The van der Waals surface area contributed by atoms with E-state index >= 15 is 0 Å². The van der Waals surface area contributed by atoms with Crippen molar-refractivity contribution in [3.63, 3.8) is 0 Å². The molecule has 0 spiro atoms. The highest BCUT2D eigenvalue weighted by atomic mass is 19.4. The van der Waals surface area contributed by atoms with Crippen molar-refractivity contribution >= 4 is 11.7 Å². The molecule has 1 aromatic carbocycles. The van der Waals surface area contributed by atoms with E-state index in [0.717, 1.165) is 25.3 Å². The van der Waals surface area contributed by atoms with Crippen molar-refractivity contribution in [3.05, 3.63) is 29.8 Å². The molecule has 6 heteroatoms. The van der Waals surface area contributed by atoms with Crippen LogP contribution in [0.15, 0.2) is 24.3 Å². The summed E-state index contributed by atoms with van der Waals surface area (Å²) in [6.07, 6.45) is -0.828. The summed E-state index contributed by atoms with van der Waals surface area (Å²) in [5.74, 6) is -0.992. The van der Waals surface area contributed by atoms with Gasteiger partial charge in [0.1, 0.15) is 0 Å². The van der Waals surface area contributed by atoms with Crippen LogP contribution in [0.25, 0.3) is 0 Å². The maximum atomic E-state index is 13.0. The number of carboxylic acids is 1. The fraction of sp³-hybridized carbons (Fsp3) is 0.533. The number of nitrogens with one attached hydrogen (secondary N) is 1. The number of benzene rings is 1. The van der Waals surface area contributed by atoms with Gasteiger partial charge in [0.25, 0.3) is 0 Å². The van der Waals surface area contributed by atoms with Crippen LogP contribution in [0.5, 0.6) is 0 Å². The number of alkyl halides is 3. The molecule has 0 radical (unpaired) electrons. The SMILES string of the molecule is O=C(O)CC1(Nc2ccccc2C(F)(F)F)CCCCC1. The zero-order chi connectivity index (χ0) is 15.5. The van der Waals surface area contributed by atoms with Gasteiger partial charge in [-0.05, 0) is 25.0 Å². The maximum Gasteiger partial charge on any atom is 0.418 e. The summed E-state index contributed by atoms with van der Waals surface area (Å²) in [6, 6.07) is 5.23.